The Labute approximate surface area is 156 Å². The highest BCUT2D eigenvalue weighted by atomic mass is 32.2. The number of carbonyl (C=O) groups excluding carboxylic acids is 2. The van der Waals surface area contributed by atoms with Crippen molar-refractivity contribution >= 4 is 23.5 Å². The highest BCUT2D eigenvalue weighted by Crippen LogP contribution is 2.33. The monoisotopic (exact) mass is 371 g/mol. The molecule has 26 heavy (non-hydrogen) atoms. The third kappa shape index (κ3) is 4.89. The lowest BCUT2D eigenvalue weighted by molar-refractivity contribution is 0.0605. The Morgan fingerprint density at radius 1 is 1.12 bits per heavy atom. The summed E-state index contributed by atoms with van der Waals surface area (Å²) in [4.78, 5) is 33.0. The van der Waals surface area contributed by atoms with Crippen LogP contribution >= 0.6 is 11.8 Å². The van der Waals surface area contributed by atoms with Crippen LogP contribution in [0.4, 0.5) is 0 Å². The number of rotatable bonds is 6. The van der Waals surface area contributed by atoms with Gasteiger partial charge in [0, 0.05) is 28.1 Å². The number of thioether (sulfide) groups is 1. The first-order chi connectivity index (χ1) is 12.6. The molecule has 1 amide bonds. The molecule has 2 aromatic rings. The molecule has 1 atom stereocenters. The van der Waals surface area contributed by atoms with E-state index in [2.05, 4.69) is 15.3 Å². The third-order valence-electron chi connectivity index (χ3n) is 4.31. The minimum Gasteiger partial charge on any atom is -0.367 e. The quantitative estimate of drug-likeness (QED) is 0.599. The molecule has 1 aliphatic rings. The first kappa shape index (κ1) is 18.5. The predicted molar refractivity (Wildman–Crippen MR) is 99.0 cm³/mol. The second-order valence-electron chi connectivity index (χ2n) is 6.23. The Morgan fingerprint density at radius 2 is 1.85 bits per heavy atom. The Morgan fingerprint density at radius 3 is 2.50 bits per heavy atom. The summed E-state index contributed by atoms with van der Waals surface area (Å²) < 4.78 is 0. The lowest BCUT2D eigenvalue weighted by atomic mass is 10.0. The van der Waals surface area contributed by atoms with Crippen LogP contribution in [0, 0.1) is 0 Å². The second kappa shape index (κ2) is 8.91. The molecular formula is C19H21N3O3S. The molecule has 1 heterocycles. The Bertz CT molecular complexity index is 746. The van der Waals surface area contributed by atoms with Crippen LogP contribution in [0.2, 0.25) is 0 Å². The predicted octanol–water partition coefficient (Wildman–Crippen LogP) is 2.83. The van der Waals surface area contributed by atoms with E-state index in [0.717, 1.165) is 4.90 Å². The summed E-state index contributed by atoms with van der Waals surface area (Å²) in [6.45, 7) is 0. The summed E-state index contributed by atoms with van der Waals surface area (Å²) in [5, 5.41) is 12.9. The smallest absolute Gasteiger partial charge is 0.273 e. The molecule has 0 saturated heterocycles. The minimum atomic E-state index is -1.62. The van der Waals surface area contributed by atoms with Gasteiger partial charge in [-0.15, -0.1) is 11.8 Å². The van der Waals surface area contributed by atoms with Crippen LogP contribution in [-0.2, 0) is 0 Å². The number of amides is 1. The van der Waals surface area contributed by atoms with Crippen molar-refractivity contribution in [1.29, 1.82) is 0 Å². The number of benzene rings is 1. The molecule has 1 unspecified atom stereocenters. The van der Waals surface area contributed by atoms with Crippen molar-refractivity contribution in [2.24, 2.45) is 0 Å². The van der Waals surface area contributed by atoms with Crippen LogP contribution in [0.5, 0.6) is 0 Å². The van der Waals surface area contributed by atoms with Crippen LogP contribution in [0.25, 0.3) is 0 Å². The molecule has 1 saturated carbocycles. The number of nitrogens with one attached hydrogen (secondary N) is 1. The zero-order valence-electron chi connectivity index (χ0n) is 14.3. The Hall–Kier alpha value is -2.25. The van der Waals surface area contributed by atoms with Crippen LogP contribution in [-0.4, -0.2) is 38.2 Å². The normalized spacial score (nSPS) is 16.0. The van der Waals surface area contributed by atoms with Gasteiger partial charge in [0.05, 0.1) is 6.20 Å². The summed E-state index contributed by atoms with van der Waals surface area (Å²) in [6, 6.07) is 7.16. The molecule has 6 nitrogen and oxygen atoms in total. The van der Waals surface area contributed by atoms with Crippen molar-refractivity contribution in [3.05, 3.63) is 54.1 Å². The van der Waals surface area contributed by atoms with Gasteiger partial charge in [0.15, 0.2) is 6.23 Å². The van der Waals surface area contributed by atoms with Crippen LogP contribution in [0.1, 0.15) is 53.0 Å². The molecule has 2 N–H and O–H groups in total. The lowest BCUT2D eigenvalue weighted by Gasteiger charge is -2.21. The number of aromatic nitrogens is 2. The number of hydrogen-bond acceptors (Lipinski definition) is 6. The van der Waals surface area contributed by atoms with Gasteiger partial charge in [-0.2, -0.15) is 0 Å². The van der Waals surface area contributed by atoms with Gasteiger partial charge in [0.1, 0.15) is 5.69 Å². The van der Waals surface area contributed by atoms with Gasteiger partial charge in [0.25, 0.3) is 5.91 Å². The van der Waals surface area contributed by atoms with Crippen molar-refractivity contribution in [1.82, 2.24) is 15.3 Å². The first-order valence-corrected chi connectivity index (χ1v) is 9.57. The van der Waals surface area contributed by atoms with Gasteiger partial charge >= 0.3 is 0 Å². The number of Topliss-reactive ketones (excluding diaryl/α,β-unsaturated/α-hetero) is 1. The fourth-order valence-electron chi connectivity index (χ4n) is 2.91. The van der Waals surface area contributed by atoms with Gasteiger partial charge in [0.2, 0.25) is 5.78 Å². The Balaban J connectivity index is 1.57. The third-order valence-corrected chi connectivity index (χ3v) is 5.65. The lowest BCUT2D eigenvalue weighted by Crippen LogP contribution is -2.41. The van der Waals surface area contributed by atoms with E-state index in [4.69, 9.17) is 0 Å². The van der Waals surface area contributed by atoms with E-state index >= 15 is 0 Å². The molecule has 136 valence electrons. The van der Waals surface area contributed by atoms with Crippen molar-refractivity contribution in [3.8, 4) is 0 Å². The summed E-state index contributed by atoms with van der Waals surface area (Å²) in [7, 11) is 0. The number of carbonyl (C=O) groups is 2. The highest BCUT2D eigenvalue weighted by molar-refractivity contribution is 8.00. The molecule has 0 spiro atoms. The molecule has 0 radical (unpaired) electrons. The van der Waals surface area contributed by atoms with E-state index in [0.29, 0.717) is 10.8 Å². The fourth-order valence-corrected chi connectivity index (χ4v) is 4.16. The number of ketones is 1. The van der Waals surface area contributed by atoms with Crippen LogP contribution in [0.3, 0.4) is 0 Å². The minimum absolute atomic E-state index is 0.0404. The molecular weight excluding hydrogens is 350 g/mol. The molecule has 0 aliphatic heterocycles. The van der Waals surface area contributed by atoms with E-state index in [-0.39, 0.29) is 5.69 Å². The standard InChI is InChI=1S/C19H21N3O3S/c23-17(19(25)22-18(24)16-12-20-10-11-21-16)13-6-8-15(9-7-13)26-14-4-2-1-3-5-14/h6-12,14,19,25H,1-5H2,(H,22,24). The average Bonchev–Trinajstić information content (AvgIpc) is 2.69. The van der Waals surface area contributed by atoms with E-state index in [9.17, 15) is 14.7 Å². The molecule has 0 bridgehead atoms. The molecule has 1 aliphatic carbocycles. The number of hydrogen-bond donors (Lipinski definition) is 2. The van der Waals surface area contributed by atoms with Crippen molar-refractivity contribution in [2.75, 3.05) is 0 Å². The number of nitrogens with zero attached hydrogens (tertiary/aromatic N) is 2. The molecule has 1 aromatic heterocycles. The van der Waals surface area contributed by atoms with Crippen molar-refractivity contribution < 1.29 is 14.7 Å². The topological polar surface area (TPSA) is 92.2 Å². The fraction of sp³-hybridized carbons (Fsp3) is 0.368. The maximum Gasteiger partial charge on any atom is 0.273 e. The van der Waals surface area contributed by atoms with Gasteiger partial charge in [-0.25, -0.2) is 4.98 Å². The molecule has 3 rings (SSSR count). The largest absolute Gasteiger partial charge is 0.367 e. The van der Waals surface area contributed by atoms with Crippen molar-refractivity contribution in [2.45, 2.75) is 48.5 Å². The zero-order valence-corrected chi connectivity index (χ0v) is 15.1. The Kier molecular flexibility index (Phi) is 6.35. The molecule has 7 heteroatoms. The first-order valence-electron chi connectivity index (χ1n) is 8.69. The second-order valence-corrected chi connectivity index (χ2v) is 7.61. The van der Waals surface area contributed by atoms with Gasteiger partial charge < -0.3 is 10.4 Å². The molecule has 1 aromatic carbocycles. The van der Waals surface area contributed by atoms with Crippen molar-refractivity contribution in [3.63, 3.8) is 0 Å². The number of aliphatic hydroxyl groups is 1. The maximum atomic E-state index is 12.3. The van der Waals surface area contributed by atoms with Gasteiger partial charge in [-0.05, 0) is 25.0 Å². The summed E-state index contributed by atoms with van der Waals surface area (Å²) in [5.74, 6) is -1.21. The molecule has 1 fully saturated rings. The van der Waals surface area contributed by atoms with E-state index in [1.165, 1.54) is 50.7 Å². The van der Waals surface area contributed by atoms with E-state index in [1.807, 2.05) is 23.9 Å². The SMILES string of the molecule is O=C(NC(O)C(=O)c1ccc(SC2CCCCC2)cc1)c1cnccn1. The highest BCUT2D eigenvalue weighted by Gasteiger charge is 2.21. The summed E-state index contributed by atoms with van der Waals surface area (Å²) in [5.41, 5.74) is 0.392. The van der Waals surface area contributed by atoms with Gasteiger partial charge in [-0.3, -0.25) is 14.6 Å². The zero-order chi connectivity index (χ0) is 18.4. The van der Waals surface area contributed by atoms with E-state index in [1.54, 1.807) is 12.1 Å². The summed E-state index contributed by atoms with van der Waals surface area (Å²) in [6.07, 6.45) is 8.81. The van der Waals surface area contributed by atoms with Crippen LogP contribution in [0.15, 0.2) is 47.8 Å². The van der Waals surface area contributed by atoms with Gasteiger partial charge in [-0.1, -0.05) is 31.4 Å². The summed E-state index contributed by atoms with van der Waals surface area (Å²) >= 11 is 1.84. The number of aliphatic hydroxyl groups excluding tert-OH is 1. The average molecular weight is 371 g/mol. The van der Waals surface area contributed by atoms with E-state index < -0.39 is 17.9 Å². The maximum absolute atomic E-state index is 12.3. The van der Waals surface area contributed by atoms with Crippen LogP contribution < -0.4 is 5.32 Å².